The van der Waals surface area contributed by atoms with Gasteiger partial charge < -0.3 is 0 Å². The van der Waals surface area contributed by atoms with Gasteiger partial charge >= 0.3 is 110 Å². The van der Waals surface area contributed by atoms with E-state index in [9.17, 15) is 9.59 Å². The van der Waals surface area contributed by atoms with Crippen molar-refractivity contribution < 1.29 is 9.59 Å². The van der Waals surface area contributed by atoms with E-state index in [1.54, 1.807) is 0 Å². The number of carbonyl (C=O) groups excluding carboxylic acids is 2. The normalized spacial score (nSPS) is 17.7. The number of ketones is 1. The number of amidine groups is 1. The van der Waals surface area contributed by atoms with Gasteiger partial charge in [0.25, 0.3) is 0 Å². The predicted molar refractivity (Wildman–Crippen MR) is 69.9 cm³/mol. The quantitative estimate of drug-likeness (QED) is 0.614. The fourth-order valence-corrected chi connectivity index (χ4v) is 3.91. The third-order valence-corrected chi connectivity index (χ3v) is 5.15. The number of carbonyl (C=O) groups is 2. The monoisotopic (exact) mass is 316 g/mol. The molecule has 4 nitrogen and oxygen atoms in total. The van der Waals surface area contributed by atoms with E-state index in [1.807, 2.05) is 22.0 Å². The first kappa shape index (κ1) is 12.6. The molecule has 1 aromatic rings. The van der Waals surface area contributed by atoms with Crippen molar-refractivity contribution in [3.63, 3.8) is 0 Å². The molecule has 0 unspecified atom stereocenters. The molecule has 1 aromatic heterocycles. The number of hydrogen-bond acceptors (Lipinski definition) is 3. The third-order valence-electron chi connectivity index (χ3n) is 2.25. The Morgan fingerprint density at radius 3 is 3.06 bits per heavy atom. The van der Waals surface area contributed by atoms with Crippen LogP contribution >= 0.6 is 11.8 Å². The summed E-state index contributed by atoms with van der Waals surface area (Å²) in [6, 6.07) is 3.81. The molecule has 1 aliphatic heterocycles. The molecule has 0 aliphatic carbocycles. The molecular weight excluding hydrogens is 303 g/mol. The second kappa shape index (κ2) is 5.67. The maximum atomic E-state index is 11.9. The van der Waals surface area contributed by atoms with Crippen molar-refractivity contribution >= 4 is 43.1 Å². The molecule has 17 heavy (non-hydrogen) atoms. The molecule has 2 heterocycles. The van der Waals surface area contributed by atoms with E-state index < -0.39 is 0 Å². The number of thioether (sulfide) groups is 1. The van der Waals surface area contributed by atoms with E-state index in [1.165, 1.54) is 18.7 Å². The Balaban J connectivity index is 2.03. The Hall–Kier alpha value is -0.841. The average Bonchev–Trinajstić information content (AvgIpc) is 2.89. The third kappa shape index (κ3) is 3.31. The molecule has 90 valence electrons. The van der Waals surface area contributed by atoms with E-state index in [2.05, 4.69) is 4.99 Å². The molecule has 0 spiro atoms. The van der Waals surface area contributed by atoms with Crippen LogP contribution in [-0.2, 0) is 4.79 Å². The first-order valence-electron chi connectivity index (χ1n) is 5.20. The van der Waals surface area contributed by atoms with E-state index in [0.29, 0.717) is 11.7 Å². The van der Waals surface area contributed by atoms with Gasteiger partial charge in [-0.2, -0.15) is 0 Å². The molecule has 1 saturated heterocycles. The summed E-state index contributed by atoms with van der Waals surface area (Å²) in [6.45, 7) is 2.56. The van der Waals surface area contributed by atoms with E-state index in [0.717, 1.165) is 16.7 Å². The molecule has 1 amide bonds. The van der Waals surface area contributed by atoms with Gasteiger partial charge in [-0.3, -0.25) is 0 Å². The van der Waals surface area contributed by atoms with Crippen LogP contribution in [0.1, 0.15) is 16.2 Å². The van der Waals surface area contributed by atoms with Crippen molar-refractivity contribution in [1.82, 2.24) is 4.90 Å². The van der Waals surface area contributed by atoms with Gasteiger partial charge in [-0.05, 0) is 0 Å². The Kier molecular flexibility index (Phi) is 4.20. The number of nitrogens with zero attached hydrogens (tertiary/aromatic N) is 2. The van der Waals surface area contributed by atoms with Crippen molar-refractivity contribution in [3.8, 4) is 0 Å². The van der Waals surface area contributed by atoms with Crippen LogP contribution in [0.15, 0.2) is 22.1 Å². The number of hydrogen-bond donors (Lipinski definition) is 0. The standard InChI is InChI=1S/C11H12N2O2SSe/c1-8(14)12-11-13(4-5-16-11)7-9(15)10-3-2-6-17-10/h2-3,6H,4-5,7H2,1H3. The maximum absolute atomic E-state index is 11.9. The van der Waals surface area contributed by atoms with E-state index >= 15 is 0 Å². The van der Waals surface area contributed by atoms with Crippen LogP contribution in [0.5, 0.6) is 0 Å². The van der Waals surface area contributed by atoms with Crippen LogP contribution in [0.25, 0.3) is 0 Å². The molecule has 0 aromatic carbocycles. The number of aliphatic imine (C=N–C) groups is 1. The Bertz CT molecular complexity index is 456. The molecule has 1 aliphatic rings. The molecular formula is C11H12N2O2SSe. The first-order chi connectivity index (χ1) is 8.16. The molecule has 0 bridgehead atoms. The van der Waals surface area contributed by atoms with Crippen LogP contribution in [0.2, 0.25) is 0 Å². The van der Waals surface area contributed by atoms with Crippen LogP contribution in [0.4, 0.5) is 0 Å². The van der Waals surface area contributed by atoms with Crippen LogP contribution in [0, 0.1) is 0 Å². The molecule has 0 radical (unpaired) electrons. The molecule has 6 heteroatoms. The van der Waals surface area contributed by atoms with Crippen molar-refractivity contribution in [3.05, 3.63) is 21.5 Å². The number of amides is 1. The van der Waals surface area contributed by atoms with Gasteiger partial charge in [-0.25, -0.2) is 0 Å². The zero-order valence-electron chi connectivity index (χ0n) is 9.38. The summed E-state index contributed by atoms with van der Waals surface area (Å²) in [6.07, 6.45) is 0. The van der Waals surface area contributed by atoms with Crippen LogP contribution < -0.4 is 0 Å². The fraction of sp³-hybridized carbons (Fsp3) is 0.364. The molecule has 2 rings (SSSR count). The van der Waals surface area contributed by atoms with Crippen molar-refractivity contribution in [2.75, 3.05) is 18.8 Å². The average molecular weight is 315 g/mol. The summed E-state index contributed by atoms with van der Waals surface area (Å²) >= 11 is 1.72. The minimum atomic E-state index is -0.210. The van der Waals surface area contributed by atoms with Gasteiger partial charge in [0, 0.05) is 0 Å². The van der Waals surface area contributed by atoms with Gasteiger partial charge in [-0.1, -0.05) is 0 Å². The number of rotatable bonds is 3. The second-order valence-electron chi connectivity index (χ2n) is 3.58. The molecule has 1 fully saturated rings. The fourth-order valence-electron chi connectivity index (χ4n) is 1.51. The number of Topliss-reactive ketones (excluding diaryl/α,β-unsaturated/α-hetero) is 1. The zero-order chi connectivity index (χ0) is 12.3. The van der Waals surface area contributed by atoms with Gasteiger partial charge in [0.05, 0.1) is 0 Å². The molecule has 0 atom stereocenters. The summed E-state index contributed by atoms with van der Waals surface area (Å²) in [4.78, 5) is 30.8. The van der Waals surface area contributed by atoms with E-state index in [4.69, 9.17) is 0 Å². The SMILES string of the molecule is CC(=O)N=C1SCCN1CC(=O)c1ccc[se]1. The second-order valence-corrected chi connectivity index (χ2v) is 6.63. The van der Waals surface area contributed by atoms with E-state index in [-0.39, 0.29) is 26.2 Å². The summed E-state index contributed by atoms with van der Waals surface area (Å²) < 4.78 is 0.900. The predicted octanol–water partition coefficient (Wildman–Crippen LogP) is 0.878. The molecule has 0 N–H and O–H groups in total. The Labute approximate surface area is 110 Å². The topological polar surface area (TPSA) is 49.7 Å². The molecule has 0 saturated carbocycles. The Morgan fingerprint density at radius 2 is 2.41 bits per heavy atom. The summed E-state index contributed by atoms with van der Waals surface area (Å²) in [5.74, 6) is 0.827. The zero-order valence-corrected chi connectivity index (χ0v) is 11.9. The van der Waals surface area contributed by atoms with Crippen molar-refractivity contribution in [2.45, 2.75) is 6.92 Å². The van der Waals surface area contributed by atoms with Crippen LogP contribution in [0.3, 0.4) is 0 Å². The van der Waals surface area contributed by atoms with Crippen molar-refractivity contribution in [1.29, 1.82) is 0 Å². The summed E-state index contributed by atoms with van der Waals surface area (Å²) in [5.41, 5.74) is 0. The Morgan fingerprint density at radius 1 is 1.59 bits per heavy atom. The van der Waals surface area contributed by atoms with Crippen molar-refractivity contribution in [2.24, 2.45) is 4.99 Å². The van der Waals surface area contributed by atoms with Gasteiger partial charge in [0.1, 0.15) is 0 Å². The van der Waals surface area contributed by atoms with Crippen LogP contribution in [-0.4, -0.2) is 55.1 Å². The summed E-state index contributed by atoms with van der Waals surface area (Å²) in [5, 5.41) is 0.685. The van der Waals surface area contributed by atoms with Gasteiger partial charge in [0.2, 0.25) is 0 Å². The minimum absolute atomic E-state index is 0.147. The first-order valence-corrected chi connectivity index (χ1v) is 8.03. The summed E-state index contributed by atoms with van der Waals surface area (Å²) in [7, 11) is 0. The van der Waals surface area contributed by atoms with Gasteiger partial charge in [0.15, 0.2) is 0 Å². The van der Waals surface area contributed by atoms with Gasteiger partial charge in [-0.15, -0.1) is 0 Å².